The van der Waals surface area contributed by atoms with Crippen LogP contribution in [-0.4, -0.2) is 14.8 Å². The summed E-state index contributed by atoms with van der Waals surface area (Å²) in [5, 5.41) is 3.60. The minimum absolute atomic E-state index is 0.629. The number of aromatic nitrogens is 2. The van der Waals surface area contributed by atoms with Gasteiger partial charge in [-0.05, 0) is 37.0 Å². The van der Waals surface area contributed by atoms with Crippen molar-refractivity contribution in [2.24, 2.45) is 0 Å². The van der Waals surface area contributed by atoms with Gasteiger partial charge in [-0.25, -0.2) is 0 Å². The predicted molar refractivity (Wildman–Crippen MR) is 71.0 cm³/mol. The molecule has 2 aromatic rings. The molecule has 1 aromatic carbocycles. The largest absolute Gasteiger partial charge is 0.310 e. The third-order valence-corrected chi connectivity index (χ3v) is 3.74. The van der Waals surface area contributed by atoms with E-state index in [1.54, 1.807) is 0 Å². The van der Waals surface area contributed by atoms with Crippen molar-refractivity contribution in [1.29, 1.82) is 0 Å². The van der Waals surface area contributed by atoms with Gasteiger partial charge in [-0.3, -0.25) is 0 Å². The van der Waals surface area contributed by atoms with Gasteiger partial charge in [0.1, 0.15) is 11.0 Å². The van der Waals surface area contributed by atoms with Gasteiger partial charge in [0.2, 0.25) is 0 Å². The van der Waals surface area contributed by atoms with Gasteiger partial charge in [-0.2, -0.15) is 8.75 Å². The second kappa shape index (κ2) is 4.94. The molecule has 0 aliphatic heterocycles. The summed E-state index contributed by atoms with van der Waals surface area (Å²) >= 11 is 1.28. The van der Waals surface area contributed by atoms with E-state index in [1.807, 2.05) is 0 Å². The third-order valence-electron chi connectivity index (χ3n) is 3.18. The van der Waals surface area contributed by atoms with Crippen molar-refractivity contribution in [1.82, 2.24) is 14.1 Å². The van der Waals surface area contributed by atoms with Crippen LogP contribution in [0.5, 0.6) is 0 Å². The van der Waals surface area contributed by atoms with Crippen molar-refractivity contribution < 1.29 is 0 Å². The molecule has 0 spiro atoms. The molecular weight excluding hydrogens is 230 g/mol. The molecule has 0 amide bonds. The summed E-state index contributed by atoms with van der Waals surface area (Å²) < 4.78 is 8.48. The van der Waals surface area contributed by atoms with Crippen LogP contribution in [0.3, 0.4) is 0 Å². The summed E-state index contributed by atoms with van der Waals surface area (Å²) in [4.78, 5) is 0. The molecule has 1 aromatic heterocycles. The van der Waals surface area contributed by atoms with Gasteiger partial charge < -0.3 is 5.32 Å². The fourth-order valence-electron chi connectivity index (χ4n) is 2.18. The SMILES string of the molecule is C1=CCC(NCc2ccc3nsnc3c2)CC1. The van der Waals surface area contributed by atoms with E-state index < -0.39 is 0 Å². The van der Waals surface area contributed by atoms with E-state index in [0.29, 0.717) is 6.04 Å². The van der Waals surface area contributed by atoms with Crippen molar-refractivity contribution in [2.75, 3.05) is 0 Å². The topological polar surface area (TPSA) is 37.8 Å². The number of fused-ring (bicyclic) bond motifs is 1. The molecule has 1 atom stereocenters. The van der Waals surface area contributed by atoms with Crippen molar-refractivity contribution in [3.8, 4) is 0 Å². The molecule has 1 aliphatic carbocycles. The minimum Gasteiger partial charge on any atom is -0.310 e. The summed E-state index contributed by atoms with van der Waals surface area (Å²) in [5.41, 5.74) is 3.30. The van der Waals surface area contributed by atoms with Crippen LogP contribution in [0.1, 0.15) is 24.8 Å². The summed E-state index contributed by atoms with van der Waals surface area (Å²) in [6, 6.07) is 6.94. The van der Waals surface area contributed by atoms with E-state index >= 15 is 0 Å². The van der Waals surface area contributed by atoms with E-state index in [1.165, 1.54) is 30.1 Å². The van der Waals surface area contributed by atoms with Crippen LogP contribution in [0.25, 0.3) is 11.0 Å². The molecule has 3 rings (SSSR count). The fraction of sp³-hybridized carbons (Fsp3) is 0.385. The standard InChI is InChI=1S/C13H15N3S/c1-2-4-11(5-3-1)14-9-10-6-7-12-13(8-10)16-17-15-12/h1-2,6-8,11,14H,3-5,9H2. The first-order valence-electron chi connectivity index (χ1n) is 6.01. The highest BCUT2D eigenvalue weighted by molar-refractivity contribution is 7.00. The number of nitrogens with zero attached hydrogens (tertiary/aromatic N) is 2. The molecule has 4 heteroatoms. The molecule has 17 heavy (non-hydrogen) atoms. The Morgan fingerprint density at radius 2 is 2.18 bits per heavy atom. The summed E-state index contributed by atoms with van der Waals surface area (Å²) in [6.07, 6.45) is 8.14. The van der Waals surface area contributed by atoms with Crippen LogP contribution in [0, 0.1) is 0 Å². The van der Waals surface area contributed by atoms with Crippen LogP contribution in [-0.2, 0) is 6.54 Å². The zero-order valence-corrected chi connectivity index (χ0v) is 10.4. The maximum absolute atomic E-state index is 4.27. The zero-order valence-electron chi connectivity index (χ0n) is 9.60. The first-order chi connectivity index (χ1) is 8.42. The Kier molecular flexibility index (Phi) is 3.16. The lowest BCUT2D eigenvalue weighted by Crippen LogP contribution is -2.29. The summed E-state index contributed by atoms with van der Waals surface area (Å²) in [6.45, 7) is 0.923. The quantitative estimate of drug-likeness (QED) is 0.845. The van der Waals surface area contributed by atoms with Crippen LogP contribution in [0.2, 0.25) is 0 Å². The van der Waals surface area contributed by atoms with Gasteiger partial charge in [-0.15, -0.1) is 0 Å². The molecule has 1 N–H and O–H groups in total. The average molecular weight is 245 g/mol. The first-order valence-corrected chi connectivity index (χ1v) is 6.74. The Bertz CT molecular complexity index is 532. The first kappa shape index (κ1) is 10.9. The van der Waals surface area contributed by atoms with Crippen LogP contribution in [0.4, 0.5) is 0 Å². The molecule has 0 saturated heterocycles. The number of hydrogen-bond acceptors (Lipinski definition) is 4. The third kappa shape index (κ3) is 2.53. The Labute approximate surface area is 105 Å². The van der Waals surface area contributed by atoms with Crippen molar-refractivity contribution >= 4 is 22.8 Å². The predicted octanol–water partition coefficient (Wildman–Crippen LogP) is 2.89. The summed E-state index contributed by atoms with van der Waals surface area (Å²) in [7, 11) is 0. The number of rotatable bonds is 3. The molecule has 1 unspecified atom stereocenters. The van der Waals surface area contributed by atoms with Gasteiger partial charge in [0.25, 0.3) is 0 Å². The van der Waals surface area contributed by atoms with Crippen molar-refractivity contribution in [3.63, 3.8) is 0 Å². The highest BCUT2D eigenvalue weighted by Crippen LogP contribution is 2.15. The summed E-state index contributed by atoms with van der Waals surface area (Å²) in [5.74, 6) is 0. The van der Waals surface area contributed by atoms with E-state index in [2.05, 4.69) is 44.4 Å². The molecule has 88 valence electrons. The number of hydrogen-bond donors (Lipinski definition) is 1. The molecule has 1 aliphatic rings. The average Bonchev–Trinajstić information content (AvgIpc) is 2.85. The maximum atomic E-state index is 4.27. The number of benzene rings is 1. The Hall–Kier alpha value is -1.26. The van der Waals surface area contributed by atoms with E-state index in [0.717, 1.165) is 24.0 Å². The highest BCUT2D eigenvalue weighted by Gasteiger charge is 2.09. The Balaban J connectivity index is 1.65. The highest BCUT2D eigenvalue weighted by atomic mass is 32.1. The monoisotopic (exact) mass is 245 g/mol. The second-order valence-electron chi connectivity index (χ2n) is 4.45. The molecule has 0 saturated carbocycles. The number of nitrogens with one attached hydrogen (secondary N) is 1. The lowest BCUT2D eigenvalue weighted by atomic mass is 10.0. The second-order valence-corrected chi connectivity index (χ2v) is 4.98. The minimum atomic E-state index is 0.629. The molecule has 0 radical (unpaired) electrons. The molecular formula is C13H15N3S. The van der Waals surface area contributed by atoms with Gasteiger partial charge in [-0.1, -0.05) is 18.2 Å². The zero-order chi connectivity index (χ0) is 11.5. The van der Waals surface area contributed by atoms with Crippen LogP contribution >= 0.6 is 11.7 Å². The molecule has 0 bridgehead atoms. The smallest absolute Gasteiger partial charge is 0.105 e. The van der Waals surface area contributed by atoms with Gasteiger partial charge in [0.05, 0.1) is 11.7 Å². The van der Waals surface area contributed by atoms with E-state index in [4.69, 9.17) is 0 Å². The molecule has 1 heterocycles. The Morgan fingerprint density at radius 1 is 1.24 bits per heavy atom. The normalized spacial score (nSPS) is 19.9. The van der Waals surface area contributed by atoms with Gasteiger partial charge in [0.15, 0.2) is 0 Å². The van der Waals surface area contributed by atoms with Crippen molar-refractivity contribution in [3.05, 3.63) is 35.9 Å². The molecule has 3 nitrogen and oxygen atoms in total. The van der Waals surface area contributed by atoms with Crippen LogP contribution < -0.4 is 5.32 Å². The van der Waals surface area contributed by atoms with Gasteiger partial charge in [0, 0.05) is 12.6 Å². The van der Waals surface area contributed by atoms with Crippen LogP contribution in [0.15, 0.2) is 30.4 Å². The van der Waals surface area contributed by atoms with Crippen molar-refractivity contribution in [2.45, 2.75) is 31.8 Å². The van der Waals surface area contributed by atoms with Gasteiger partial charge >= 0.3 is 0 Å². The fourth-order valence-corrected chi connectivity index (χ4v) is 2.70. The Morgan fingerprint density at radius 3 is 3.06 bits per heavy atom. The van der Waals surface area contributed by atoms with E-state index in [9.17, 15) is 0 Å². The lowest BCUT2D eigenvalue weighted by molar-refractivity contribution is 0.474. The molecule has 0 fully saturated rings. The lowest BCUT2D eigenvalue weighted by Gasteiger charge is -2.19. The van der Waals surface area contributed by atoms with E-state index in [-0.39, 0.29) is 0 Å². The maximum Gasteiger partial charge on any atom is 0.105 e. The number of allylic oxidation sites excluding steroid dienone is 1.